The van der Waals surface area contributed by atoms with E-state index in [1.807, 2.05) is 24.3 Å². The van der Waals surface area contributed by atoms with Gasteiger partial charge in [0, 0.05) is 37.6 Å². The molecular weight excluding hydrogens is 228 g/mol. The summed E-state index contributed by atoms with van der Waals surface area (Å²) in [5.74, 6) is -0.0448. The highest BCUT2D eigenvalue weighted by Gasteiger charge is 2.11. The van der Waals surface area contributed by atoms with Gasteiger partial charge in [-0.25, -0.2) is 0 Å². The third-order valence-corrected chi connectivity index (χ3v) is 3.03. The Labute approximate surface area is 108 Å². The number of nitrogens with one attached hydrogen (secondary N) is 2. The van der Waals surface area contributed by atoms with Crippen LogP contribution in [-0.2, 0) is 9.53 Å². The highest BCUT2D eigenvalue weighted by Crippen LogP contribution is 2.18. The molecule has 1 fully saturated rings. The third kappa shape index (κ3) is 4.04. The van der Waals surface area contributed by atoms with E-state index in [0.717, 1.165) is 43.9 Å². The van der Waals surface area contributed by atoms with E-state index in [2.05, 4.69) is 10.6 Å². The van der Waals surface area contributed by atoms with Crippen LogP contribution in [0.15, 0.2) is 24.3 Å². The average Bonchev–Trinajstić information content (AvgIpc) is 2.60. The number of hydrogen-bond acceptors (Lipinski definition) is 3. The largest absolute Gasteiger partial charge is 0.382 e. The van der Waals surface area contributed by atoms with Gasteiger partial charge in [-0.3, -0.25) is 4.79 Å². The van der Waals surface area contributed by atoms with Gasteiger partial charge >= 0.3 is 0 Å². The molecule has 1 aromatic carbocycles. The Bertz CT molecular complexity index is 381. The van der Waals surface area contributed by atoms with Crippen molar-refractivity contribution in [2.75, 3.05) is 23.8 Å². The molecular formula is C14H20N2O2. The van der Waals surface area contributed by atoms with Gasteiger partial charge in [-0.1, -0.05) is 0 Å². The standard InChI is InChI=1S/C14H20N2O2/c1-11(17)15-13-4-6-14(7-5-13)16-12-3-2-9-18-10-8-12/h4-7,12,16H,2-3,8-10H2,1H3,(H,15,17). The molecule has 0 spiro atoms. The summed E-state index contributed by atoms with van der Waals surface area (Å²) in [4.78, 5) is 10.9. The van der Waals surface area contributed by atoms with Crippen molar-refractivity contribution >= 4 is 17.3 Å². The van der Waals surface area contributed by atoms with Crippen LogP contribution in [0.25, 0.3) is 0 Å². The lowest BCUT2D eigenvalue weighted by molar-refractivity contribution is -0.114. The molecule has 1 aliphatic rings. The lowest BCUT2D eigenvalue weighted by Gasteiger charge is -2.17. The van der Waals surface area contributed by atoms with Crippen LogP contribution in [0.3, 0.4) is 0 Å². The second-order valence-corrected chi connectivity index (χ2v) is 4.64. The monoisotopic (exact) mass is 248 g/mol. The zero-order valence-corrected chi connectivity index (χ0v) is 10.7. The minimum Gasteiger partial charge on any atom is -0.382 e. The van der Waals surface area contributed by atoms with E-state index in [1.165, 1.54) is 6.92 Å². The molecule has 1 amide bonds. The second kappa shape index (κ2) is 6.40. The molecule has 0 bridgehead atoms. The zero-order valence-electron chi connectivity index (χ0n) is 10.7. The van der Waals surface area contributed by atoms with Crippen molar-refractivity contribution in [1.82, 2.24) is 0 Å². The van der Waals surface area contributed by atoms with Crippen LogP contribution in [0.2, 0.25) is 0 Å². The number of rotatable bonds is 3. The van der Waals surface area contributed by atoms with Crippen LogP contribution in [0, 0.1) is 0 Å². The lowest BCUT2D eigenvalue weighted by Crippen LogP contribution is -2.19. The van der Waals surface area contributed by atoms with E-state index < -0.39 is 0 Å². The van der Waals surface area contributed by atoms with Crippen molar-refractivity contribution in [2.45, 2.75) is 32.2 Å². The van der Waals surface area contributed by atoms with E-state index in [4.69, 9.17) is 4.74 Å². The van der Waals surface area contributed by atoms with Crippen LogP contribution in [-0.4, -0.2) is 25.2 Å². The molecule has 1 aromatic rings. The van der Waals surface area contributed by atoms with E-state index in [9.17, 15) is 4.79 Å². The van der Waals surface area contributed by atoms with Crippen molar-refractivity contribution in [3.63, 3.8) is 0 Å². The second-order valence-electron chi connectivity index (χ2n) is 4.64. The number of hydrogen-bond donors (Lipinski definition) is 2. The van der Waals surface area contributed by atoms with Crippen molar-refractivity contribution in [1.29, 1.82) is 0 Å². The molecule has 1 unspecified atom stereocenters. The smallest absolute Gasteiger partial charge is 0.221 e. The van der Waals surface area contributed by atoms with E-state index >= 15 is 0 Å². The van der Waals surface area contributed by atoms with Gasteiger partial charge < -0.3 is 15.4 Å². The number of carbonyl (C=O) groups is 1. The van der Waals surface area contributed by atoms with Gasteiger partial charge in [-0.2, -0.15) is 0 Å². The quantitative estimate of drug-likeness (QED) is 0.864. The molecule has 0 radical (unpaired) electrons. The van der Waals surface area contributed by atoms with Gasteiger partial charge in [0.25, 0.3) is 0 Å². The topological polar surface area (TPSA) is 50.4 Å². The first-order valence-electron chi connectivity index (χ1n) is 6.46. The van der Waals surface area contributed by atoms with Crippen LogP contribution >= 0.6 is 0 Å². The molecule has 1 saturated heterocycles. The van der Waals surface area contributed by atoms with Gasteiger partial charge in [0.2, 0.25) is 5.91 Å². The molecule has 0 aromatic heterocycles. The number of amides is 1. The maximum Gasteiger partial charge on any atom is 0.221 e. The van der Waals surface area contributed by atoms with Gasteiger partial charge in [0.15, 0.2) is 0 Å². The summed E-state index contributed by atoms with van der Waals surface area (Å²) in [5.41, 5.74) is 1.92. The molecule has 18 heavy (non-hydrogen) atoms. The van der Waals surface area contributed by atoms with Crippen LogP contribution in [0.5, 0.6) is 0 Å². The average molecular weight is 248 g/mol. The fourth-order valence-electron chi connectivity index (χ4n) is 2.14. The Morgan fingerprint density at radius 2 is 1.89 bits per heavy atom. The third-order valence-electron chi connectivity index (χ3n) is 3.03. The predicted octanol–water partition coefficient (Wildman–Crippen LogP) is 2.63. The SMILES string of the molecule is CC(=O)Nc1ccc(NC2CCCOCC2)cc1. The normalized spacial score (nSPS) is 19.9. The first-order valence-corrected chi connectivity index (χ1v) is 6.46. The minimum absolute atomic E-state index is 0.0448. The van der Waals surface area contributed by atoms with Gasteiger partial charge in [-0.05, 0) is 43.5 Å². The molecule has 1 atom stereocenters. The summed E-state index contributed by atoms with van der Waals surface area (Å²) >= 11 is 0. The highest BCUT2D eigenvalue weighted by atomic mass is 16.5. The summed E-state index contributed by atoms with van der Waals surface area (Å²) < 4.78 is 5.44. The minimum atomic E-state index is -0.0448. The summed E-state index contributed by atoms with van der Waals surface area (Å²) in [7, 11) is 0. The maximum absolute atomic E-state index is 10.9. The fraction of sp³-hybridized carbons (Fsp3) is 0.500. The van der Waals surface area contributed by atoms with E-state index in [-0.39, 0.29) is 5.91 Å². The molecule has 0 saturated carbocycles. The van der Waals surface area contributed by atoms with Crippen molar-refractivity contribution in [3.8, 4) is 0 Å². The molecule has 4 heteroatoms. The fourth-order valence-corrected chi connectivity index (χ4v) is 2.14. The molecule has 2 N–H and O–H groups in total. The Balaban J connectivity index is 1.90. The Hall–Kier alpha value is -1.55. The van der Waals surface area contributed by atoms with E-state index in [0.29, 0.717) is 6.04 Å². The van der Waals surface area contributed by atoms with Crippen LogP contribution in [0.1, 0.15) is 26.2 Å². The Kier molecular flexibility index (Phi) is 4.59. The van der Waals surface area contributed by atoms with Gasteiger partial charge in [0.05, 0.1) is 0 Å². The highest BCUT2D eigenvalue weighted by molar-refractivity contribution is 5.88. The van der Waals surface area contributed by atoms with Gasteiger partial charge in [0.1, 0.15) is 0 Å². The summed E-state index contributed by atoms with van der Waals surface area (Å²) in [6, 6.07) is 8.31. The molecule has 2 rings (SSSR count). The first kappa shape index (κ1) is 12.9. The predicted molar refractivity (Wildman–Crippen MR) is 72.8 cm³/mol. The number of carbonyl (C=O) groups excluding carboxylic acids is 1. The van der Waals surface area contributed by atoms with Crippen LogP contribution < -0.4 is 10.6 Å². The zero-order chi connectivity index (χ0) is 12.8. The van der Waals surface area contributed by atoms with Crippen LogP contribution in [0.4, 0.5) is 11.4 Å². The maximum atomic E-state index is 10.9. The summed E-state index contributed by atoms with van der Waals surface area (Å²) in [5, 5.41) is 6.27. The summed E-state index contributed by atoms with van der Waals surface area (Å²) in [6.07, 6.45) is 3.31. The van der Waals surface area contributed by atoms with Crippen molar-refractivity contribution < 1.29 is 9.53 Å². The number of benzene rings is 1. The number of ether oxygens (including phenoxy) is 1. The molecule has 1 heterocycles. The van der Waals surface area contributed by atoms with Crippen molar-refractivity contribution in [3.05, 3.63) is 24.3 Å². The summed E-state index contributed by atoms with van der Waals surface area (Å²) in [6.45, 7) is 3.22. The Morgan fingerprint density at radius 1 is 1.17 bits per heavy atom. The van der Waals surface area contributed by atoms with Gasteiger partial charge in [-0.15, -0.1) is 0 Å². The molecule has 4 nitrogen and oxygen atoms in total. The number of anilines is 2. The first-order chi connectivity index (χ1) is 8.74. The van der Waals surface area contributed by atoms with Crippen molar-refractivity contribution in [2.24, 2.45) is 0 Å². The molecule has 98 valence electrons. The molecule has 0 aliphatic carbocycles. The lowest BCUT2D eigenvalue weighted by atomic mass is 10.1. The van der Waals surface area contributed by atoms with E-state index in [1.54, 1.807) is 0 Å². The Morgan fingerprint density at radius 3 is 2.61 bits per heavy atom. The molecule has 1 aliphatic heterocycles.